The van der Waals surface area contributed by atoms with E-state index in [2.05, 4.69) is 34.5 Å². The minimum absolute atomic E-state index is 0.0202. The van der Waals surface area contributed by atoms with Crippen LogP contribution in [0.2, 0.25) is 0 Å². The van der Waals surface area contributed by atoms with Crippen LogP contribution in [0.5, 0.6) is 0 Å². The van der Waals surface area contributed by atoms with E-state index in [1.807, 2.05) is 11.8 Å². The van der Waals surface area contributed by atoms with E-state index in [1.54, 1.807) is 0 Å². The Balaban J connectivity index is 1.43. The minimum Gasteiger partial charge on any atom is -0.377 e. The summed E-state index contributed by atoms with van der Waals surface area (Å²) in [6, 6.07) is 8.69. The smallest absolute Gasteiger partial charge is 0.317 e. The number of carbonyl (C=O) groups excluding carboxylic acids is 1. The summed E-state index contributed by atoms with van der Waals surface area (Å²) in [7, 11) is 0. The summed E-state index contributed by atoms with van der Waals surface area (Å²) in [5.41, 5.74) is 2.51. The molecule has 1 atom stereocenters. The molecule has 0 spiro atoms. The highest BCUT2D eigenvalue weighted by Gasteiger charge is 2.23. The number of hydrogen-bond acceptors (Lipinski definition) is 3. The molecule has 1 aromatic carbocycles. The Hall–Kier alpha value is -1.59. The van der Waals surface area contributed by atoms with E-state index in [4.69, 9.17) is 4.74 Å². The van der Waals surface area contributed by atoms with Gasteiger partial charge in [0.25, 0.3) is 0 Å². The second-order valence-electron chi connectivity index (χ2n) is 7.48. The highest BCUT2D eigenvalue weighted by Crippen LogP contribution is 2.15. The second kappa shape index (κ2) is 9.93. The van der Waals surface area contributed by atoms with Crippen molar-refractivity contribution in [3.05, 3.63) is 35.4 Å². The van der Waals surface area contributed by atoms with Crippen molar-refractivity contribution in [2.24, 2.45) is 0 Å². The van der Waals surface area contributed by atoms with E-state index in [1.165, 1.54) is 37.9 Å². The van der Waals surface area contributed by atoms with Crippen molar-refractivity contribution in [1.82, 2.24) is 15.1 Å². The first-order chi connectivity index (χ1) is 12.7. The molecule has 2 heterocycles. The van der Waals surface area contributed by atoms with Crippen LogP contribution in [0.25, 0.3) is 0 Å². The number of carbonyl (C=O) groups is 1. The molecule has 0 bridgehead atoms. The van der Waals surface area contributed by atoms with Crippen LogP contribution in [-0.2, 0) is 17.8 Å². The van der Waals surface area contributed by atoms with Gasteiger partial charge in [-0.25, -0.2) is 4.79 Å². The molecule has 0 aliphatic carbocycles. The van der Waals surface area contributed by atoms with E-state index in [9.17, 15) is 4.79 Å². The second-order valence-corrected chi connectivity index (χ2v) is 7.48. The first-order valence-corrected chi connectivity index (χ1v) is 10.2. The van der Waals surface area contributed by atoms with Crippen molar-refractivity contribution in [3.63, 3.8) is 0 Å². The average Bonchev–Trinajstić information content (AvgIpc) is 2.68. The predicted octanol–water partition coefficient (Wildman–Crippen LogP) is 3.38. The number of likely N-dealkylation sites (tertiary alicyclic amines) is 2. The molecular formula is C21H33N3O2. The third-order valence-corrected chi connectivity index (χ3v) is 5.39. The molecule has 2 aliphatic heterocycles. The van der Waals surface area contributed by atoms with Gasteiger partial charge in [-0.2, -0.15) is 0 Å². The molecule has 26 heavy (non-hydrogen) atoms. The lowest BCUT2D eigenvalue weighted by atomic mass is 10.1. The maximum absolute atomic E-state index is 12.4. The number of nitrogens with one attached hydrogen (secondary N) is 1. The van der Waals surface area contributed by atoms with Crippen LogP contribution in [-0.4, -0.2) is 54.7 Å². The van der Waals surface area contributed by atoms with Gasteiger partial charge in [-0.1, -0.05) is 30.7 Å². The maximum Gasteiger partial charge on any atom is 0.317 e. The third-order valence-electron chi connectivity index (χ3n) is 5.39. The lowest BCUT2D eigenvalue weighted by Gasteiger charge is -2.32. The van der Waals surface area contributed by atoms with Crippen LogP contribution in [0, 0.1) is 0 Å². The molecule has 3 rings (SSSR count). The largest absolute Gasteiger partial charge is 0.377 e. The zero-order valence-electron chi connectivity index (χ0n) is 16.1. The lowest BCUT2D eigenvalue weighted by molar-refractivity contribution is 0.0164. The molecule has 2 saturated heterocycles. The molecular weight excluding hydrogens is 326 g/mol. The molecule has 1 unspecified atom stereocenters. The fourth-order valence-corrected chi connectivity index (χ4v) is 3.92. The fourth-order valence-electron chi connectivity index (χ4n) is 3.92. The van der Waals surface area contributed by atoms with Gasteiger partial charge in [0.05, 0.1) is 6.10 Å². The molecule has 0 aromatic heterocycles. The fraction of sp³-hybridized carbons (Fsp3) is 0.667. The van der Waals surface area contributed by atoms with Crippen LogP contribution in [0.1, 0.15) is 50.2 Å². The third kappa shape index (κ3) is 5.71. The molecule has 5 nitrogen and oxygen atoms in total. The summed E-state index contributed by atoms with van der Waals surface area (Å²) in [4.78, 5) is 16.8. The van der Waals surface area contributed by atoms with E-state index >= 15 is 0 Å². The molecule has 1 aromatic rings. The van der Waals surface area contributed by atoms with Gasteiger partial charge in [0.1, 0.15) is 0 Å². The number of rotatable bonds is 6. The van der Waals surface area contributed by atoms with Gasteiger partial charge in [0, 0.05) is 32.8 Å². The highest BCUT2D eigenvalue weighted by molar-refractivity contribution is 5.74. The Morgan fingerprint density at radius 3 is 2.54 bits per heavy atom. The SMILES string of the molecule is CCOC1CCCN(C(=O)NCc2ccc(CN3CCCCC3)cc2)C1. The topological polar surface area (TPSA) is 44.8 Å². The van der Waals surface area contributed by atoms with Crippen LogP contribution in [0.4, 0.5) is 4.79 Å². The Bertz CT molecular complexity index is 553. The summed E-state index contributed by atoms with van der Waals surface area (Å²) in [5.74, 6) is 0. The van der Waals surface area contributed by atoms with Gasteiger partial charge in [-0.3, -0.25) is 4.90 Å². The maximum atomic E-state index is 12.4. The van der Waals surface area contributed by atoms with Gasteiger partial charge in [-0.15, -0.1) is 0 Å². The van der Waals surface area contributed by atoms with E-state index < -0.39 is 0 Å². The van der Waals surface area contributed by atoms with E-state index in [0.717, 1.165) is 31.5 Å². The average molecular weight is 360 g/mol. The van der Waals surface area contributed by atoms with Crippen LogP contribution < -0.4 is 5.32 Å². The van der Waals surface area contributed by atoms with Crippen molar-refractivity contribution in [2.75, 3.05) is 32.8 Å². The van der Waals surface area contributed by atoms with Crippen LogP contribution in [0.15, 0.2) is 24.3 Å². The highest BCUT2D eigenvalue weighted by atomic mass is 16.5. The van der Waals surface area contributed by atoms with Gasteiger partial charge < -0.3 is 15.0 Å². The number of benzene rings is 1. The van der Waals surface area contributed by atoms with E-state index in [0.29, 0.717) is 19.7 Å². The molecule has 144 valence electrons. The Kier molecular flexibility index (Phi) is 7.32. The number of urea groups is 1. The van der Waals surface area contributed by atoms with Gasteiger partial charge in [0.15, 0.2) is 0 Å². The molecule has 2 fully saturated rings. The summed E-state index contributed by atoms with van der Waals surface area (Å²) in [6.07, 6.45) is 6.28. The lowest BCUT2D eigenvalue weighted by Crippen LogP contribution is -2.47. The number of nitrogens with zero attached hydrogens (tertiary/aromatic N) is 2. The normalized spacial score (nSPS) is 21.6. The quantitative estimate of drug-likeness (QED) is 0.847. The van der Waals surface area contributed by atoms with E-state index in [-0.39, 0.29) is 12.1 Å². The van der Waals surface area contributed by atoms with Gasteiger partial charge in [0.2, 0.25) is 0 Å². The molecule has 2 amide bonds. The number of hydrogen-bond donors (Lipinski definition) is 1. The Morgan fingerprint density at radius 2 is 1.81 bits per heavy atom. The van der Waals surface area contributed by atoms with Crippen molar-refractivity contribution in [2.45, 2.75) is 58.2 Å². The first kappa shape index (κ1) is 19.2. The molecule has 2 aliphatic rings. The number of ether oxygens (including phenoxy) is 1. The van der Waals surface area contributed by atoms with Crippen molar-refractivity contribution in [1.29, 1.82) is 0 Å². The zero-order chi connectivity index (χ0) is 18.2. The predicted molar refractivity (Wildman–Crippen MR) is 104 cm³/mol. The summed E-state index contributed by atoms with van der Waals surface area (Å²) in [5, 5.41) is 3.05. The minimum atomic E-state index is 0.0202. The van der Waals surface area contributed by atoms with Gasteiger partial charge >= 0.3 is 6.03 Å². The van der Waals surface area contributed by atoms with Gasteiger partial charge in [-0.05, 0) is 56.8 Å². The molecule has 1 N–H and O–H groups in total. The first-order valence-electron chi connectivity index (χ1n) is 10.2. The van der Waals surface area contributed by atoms with Crippen molar-refractivity contribution < 1.29 is 9.53 Å². The van der Waals surface area contributed by atoms with Crippen molar-refractivity contribution in [3.8, 4) is 0 Å². The summed E-state index contributed by atoms with van der Waals surface area (Å²) >= 11 is 0. The number of piperidine rings is 2. The molecule has 0 radical (unpaired) electrons. The summed E-state index contributed by atoms with van der Waals surface area (Å²) in [6.45, 7) is 8.31. The summed E-state index contributed by atoms with van der Waals surface area (Å²) < 4.78 is 5.68. The monoisotopic (exact) mass is 359 g/mol. The van der Waals surface area contributed by atoms with Crippen LogP contribution >= 0.6 is 0 Å². The zero-order valence-corrected chi connectivity index (χ0v) is 16.1. The van der Waals surface area contributed by atoms with Crippen molar-refractivity contribution >= 4 is 6.03 Å². The number of amides is 2. The Morgan fingerprint density at radius 1 is 1.08 bits per heavy atom. The molecule has 5 heteroatoms. The standard InChI is InChI=1S/C21H33N3O2/c1-2-26-20-7-6-14-24(17-20)21(25)22-15-18-8-10-19(11-9-18)16-23-12-4-3-5-13-23/h8-11,20H,2-7,12-17H2,1H3,(H,22,25). The Labute approximate surface area is 157 Å². The van der Waals surface area contributed by atoms with Crippen LogP contribution in [0.3, 0.4) is 0 Å². The molecule has 0 saturated carbocycles.